The van der Waals surface area contributed by atoms with Crippen LogP contribution in [0.2, 0.25) is 0 Å². The highest BCUT2D eigenvalue weighted by atomic mass is 16.5. The lowest BCUT2D eigenvalue weighted by molar-refractivity contribution is -0.0802. The quantitative estimate of drug-likeness (QED) is 0.814. The lowest BCUT2D eigenvalue weighted by Gasteiger charge is -2.43. The van der Waals surface area contributed by atoms with Crippen molar-refractivity contribution in [2.24, 2.45) is 0 Å². The van der Waals surface area contributed by atoms with Gasteiger partial charge in [0.25, 0.3) is 5.95 Å². The van der Waals surface area contributed by atoms with E-state index >= 15 is 0 Å². The molecule has 2 fully saturated rings. The normalized spacial score (nSPS) is 21.8. The first kappa shape index (κ1) is 16.9. The van der Waals surface area contributed by atoms with E-state index < -0.39 is 0 Å². The largest absolute Gasteiger partial charge is 0.368 e. The Morgan fingerprint density at radius 1 is 1.19 bits per heavy atom. The second-order valence-corrected chi connectivity index (χ2v) is 8.08. The number of hydrogen-bond donors (Lipinski definition) is 0. The molecule has 27 heavy (non-hydrogen) atoms. The minimum absolute atomic E-state index is 0.321. The summed E-state index contributed by atoms with van der Waals surface area (Å²) in [5.41, 5.74) is 1.96. The molecule has 0 N–H and O–H groups in total. The maximum atomic E-state index is 6.32. The van der Waals surface area contributed by atoms with Crippen molar-refractivity contribution < 1.29 is 9.26 Å². The summed E-state index contributed by atoms with van der Waals surface area (Å²) in [7, 11) is 3.94. The molecule has 4 heterocycles. The van der Waals surface area contributed by atoms with Crippen LogP contribution in [0.3, 0.4) is 0 Å². The summed E-state index contributed by atoms with van der Waals surface area (Å²) in [6.45, 7) is 2.40. The van der Waals surface area contributed by atoms with Gasteiger partial charge in [0, 0.05) is 39.3 Å². The molecule has 144 valence electrons. The van der Waals surface area contributed by atoms with Crippen molar-refractivity contribution in [3.8, 4) is 0 Å². The third-order valence-corrected chi connectivity index (χ3v) is 6.17. The van der Waals surface area contributed by atoms with Gasteiger partial charge in [-0.15, -0.1) is 0 Å². The fraction of sp³-hybridized carbons (Fsp3) is 0.684. The van der Waals surface area contributed by atoms with Crippen molar-refractivity contribution in [3.05, 3.63) is 23.3 Å². The molecule has 1 spiro atoms. The fourth-order valence-corrected chi connectivity index (χ4v) is 4.24. The number of nitrogens with zero attached hydrogens (tertiary/aromatic N) is 6. The van der Waals surface area contributed by atoms with E-state index in [2.05, 4.69) is 20.0 Å². The topological polar surface area (TPSA) is 80.4 Å². The molecule has 2 aromatic heterocycles. The molecule has 8 nitrogen and oxygen atoms in total. The van der Waals surface area contributed by atoms with Gasteiger partial charge in [0.2, 0.25) is 11.8 Å². The lowest BCUT2D eigenvalue weighted by atomic mass is 9.83. The molecule has 5 rings (SSSR count). The lowest BCUT2D eigenvalue weighted by Crippen LogP contribution is -2.47. The Morgan fingerprint density at radius 3 is 2.70 bits per heavy atom. The van der Waals surface area contributed by atoms with Crippen molar-refractivity contribution in [2.75, 3.05) is 43.6 Å². The summed E-state index contributed by atoms with van der Waals surface area (Å²) in [4.78, 5) is 18.1. The fourth-order valence-electron chi connectivity index (χ4n) is 4.24. The first-order valence-corrected chi connectivity index (χ1v) is 9.91. The van der Waals surface area contributed by atoms with E-state index in [9.17, 15) is 0 Å². The smallest absolute Gasteiger partial charge is 0.266 e. The number of aromatic nitrogens is 4. The van der Waals surface area contributed by atoms with Crippen LogP contribution in [0.1, 0.15) is 55.2 Å². The first-order valence-electron chi connectivity index (χ1n) is 9.91. The molecule has 0 amide bonds. The van der Waals surface area contributed by atoms with Gasteiger partial charge in [0.05, 0.1) is 12.3 Å². The third-order valence-electron chi connectivity index (χ3n) is 6.17. The molecule has 2 aliphatic heterocycles. The predicted octanol–water partition coefficient (Wildman–Crippen LogP) is 2.26. The van der Waals surface area contributed by atoms with Gasteiger partial charge in [-0.1, -0.05) is 6.42 Å². The molecule has 0 aromatic carbocycles. The van der Waals surface area contributed by atoms with E-state index in [0.29, 0.717) is 5.92 Å². The van der Waals surface area contributed by atoms with Crippen molar-refractivity contribution >= 4 is 11.9 Å². The van der Waals surface area contributed by atoms with Gasteiger partial charge in [-0.2, -0.15) is 4.98 Å². The van der Waals surface area contributed by atoms with Crippen LogP contribution in [0, 0.1) is 0 Å². The van der Waals surface area contributed by atoms with E-state index in [4.69, 9.17) is 14.2 Å². The summed E-state index contributed by atoms with van der Waals surface area (Å²) < 4.78 is 11.8. The Hall–Kier alpha value is -2.22. The maximum absolute atomic E-state index is 6.32. The van der Waals surface area contributed by atoms with Crippen LogP contribution < -0.4 is 9.80 Å². The summed E-state index contributed by atoms with van der Waals surface area (Å²) in [5.74, 6) is 2.74. The molecule has 1 saturated carbocycles. The van der Waals surface area contributed by atoms with Crippen molar-refractivity contribution in [2.45, 2.75) is 50.0 Å². The van der Waals surface area contributed by atoms with E-state index in [0.717, 1.165) is 62.4 Å². The van der Waals surface area contributed by atoms with Crippen LogP contribution in [0.25, 0.3) is 0 Å². The van der Waals surface area contributed by atoms with Crippen LogP contribution in [0.15, 0.2) is 10.7 Å². The van der Waals surface area contributed by atoms with Crippen molar-refractivity contribution in [3.63, 3.8) is 0 Å². The predicted molar refractivity (Wildman–Crippen MR) is 100 cm³/mol. The number of fused-ring (bicyclic) bond motifs is 2. The number of ether oxygens (including phenoxy) is 1. The second-order valence-electron chi connectivity index (χ2n) is 8.08. The molecule has 1 aliphatic carbocycles. The standard InChI is InChI=1S/C19H26N6O2/c1-24(2)17-20-12-14-6-11-26-19(15(14)21-17)7-9-25(10-8-19)18-22-16(27-23-18)13-4-3-5-13/h12-13H,3-11H2,1-2H3. The molecule has 0 radical (unpaired) electrons. The highest BCUT2D eigenvalue weighted by Crippen LogP contribution is 2.42. The summed E-state index contributed by atoms with van der Waals surface area (Å²) >= 11 is 0. The van der Waals surface area contributed by atoms with Crippen LogP contribution >= 0.6 is 0 Å². The van der Waals surface area contributed by atoms with Crippen molar-refractivity contribution in [1.29, 1.82) is 0 Å². The van der Waals surface area contributed by atoms with Gasteiger partial charge in [-0.3, -0.25) is 0 Å². The van der Waals surface area contributed by atoms with E-state index in [1.807, 2.05) is 25.2 Å². The van der Waals surface area contributed by atoms with Gasteiger partial charge in [-0.25, -0.2) is 9.97 Å². The molecule has 3 aliphatic rings. The highest BCUT2D eigenvalue weighted by Gasteiger charge is 2.43. The minimum Gasteiger partial charge on any atom is -0.368 e. The summed E-state index contributed by atoms with van der Waals surface area (Å²) in [5, 5.41) is 4.22. The van der Waals surface area contributed by atoms with Gasteiger partial charge in [0.15, 0.2) is 0 Å². The van der Waals surface area contributed by atoms with Crippen molar-refractivity contribution in [1.82, 2.24) is 20.1 Å². The maximum Gasteiger partial charge on any atom is 0.266 e. The second kappa shape index (κ2) is 6.44. The molecule has 0 unspecified atom stereocenters. The third kappa shape index (κ3) is 2.86. The van der Waals surface area contributed by atoms with Gasteiger partial charge < -0.3 is 19.1 Å². The molecule has 0 atom stereocenters. The average Bonchev–Trinajstić information content (AvgIpc) is 3.10. The van der Waals surface area contributed by atoms with Crippen LogP contribution in [-0.2, 0) is 16.8 Å². The molecule has 2 aromatic rings. The number of rotatable bonds is 3. The molecule has 8 heteroatoms. The van der Waals surface area contributed by atoms with Gasteiger partial charge >= 0.3 is 0 Å². The Balaban J connectivity index is 1.35. The minimum atomic E-state index is -0.321. The number of hydrogen-bond acceptors (Lipinski definition) is 8. The molecule has 1 saturated heterocycles. The molecular weight excluding hydrogens is 344 g/mol. The Kier molecular flexibility index (Phi) is 4.03. The van der Waals surface area contributed by atoms with E-state index in [1.54, 1.807) is 0 Å². The van der Waals surface area contributed by atoms with E-state index in [-0.39, 0.29) is 5.60 Å². The van der Waals surface area contributed by atoms with Gasteiger partial charge in [0.1, 0.15) is 5.60 Å². The number of piperidine rings is 1. The Morgan fingerprint density at radius 2 is 2.00 bits per heavy atom. The monoisotopic (exact) mass is 370 g/mol. The SMILES string of the molecule is CN(C)c1ncc2c(n1)C1(CCN(c3noc(C4CCC4)n3)CC1)OCC2. The summed E-state index contributed by atoms with van der Waals surface area (Å²) in [6.07, 6.45) is 8.20. The zero-order chi connectivity index (χ0) is 18.4. The van der Waals surface area contributed by atoms with Crippen LogP contribution in [0.4, 0.5) is 11.9 Å². The zero-order valence-electron chi connectivity index (χ0n) is 16.0. The van der Waals surface area contributed by atoms with Gasteiger partial charge in [-0.05, 0) is 42.8 Å². The van der Waals surface area contributed by atoms with Crippen LogP contribution in [-0.4, -0.2) is 53.9 Å². The number of anilines is 2. The van der Waals surface area contributed by atoms with E-state index in [1.165, 1.54) is 24.8 Å². The Labute approximate surface area is 158 Å². The summed E-state index contributed by atoms with van der Waals surface area (Å²) in [6, 6.07) is 0. The molecule has 0 bridgehead atoms. The molecular formula is C19H26N6O2. The highest BCUT2D eigenvalue weighted by molar-refractivity contribution is 5.38. The van der Waals surface area contributed by atoms with Crippen LogP contribution in [0.5, 0.6) is 0 Å². The average molecular weight is 370 g/mol. The first-order chi connectivity index (χ1) is 13.1. The zero-order valence-corrected chi connectivity index (χ0v) is 16.0. The Bertz CT molecular complexity index is 823.